The van der Waals surface area contributed by atoms with Crippen LogP contribution in [-0.2, 0) is 10.2 Å². The smallest absolute Gasteiger partial charge is 0.280 e. The van der Waals surface area contributed by atoms with Crippen molar-refractivity contribution in [3.05, 3.63) is 0 Å². The molecule has 2 N–H and O–H groups in total. The molecule has 5 nitrogen and oxygen atoms in total. The number of hydrogen-bond donors (Lipinski definition) is 2. The van der Waals surface area contributed by atoms with Crippen LogP contribution in [-0.4, -0.2) is 43.1 Å². The minimum absolute atomic E-state index is 0.0452. The SMILES string of the molecule is CC1CCCCCC1NS(=O)(=O)N1CCCCC1CO. The summed E-state index contributed by atoms with van der Waals surface area (Å²) in [4.78, 5) is 0. The first-order chi connectivity index (χ1) is 9.54. The number of rotatable bonds is 4. The van der Waals surface area contributed by atoms with Gasteiger partial charge in [-0.2, -0.15) is 17.4 Å². The Kier molecular flexibility index (Phi) is 5.84. The summed E-state index contributed by atoms with van der Waals surface area (Å²) in [7, 11) is -3.47. The van der Waals surface area contributed by atoms with Crippen LogP contribution < -0.4 is 4.72 Å². The lowest BCUT2D eigenvalue weighted by Gasteiger charge is -2.35. The van der Waals surface area contributed by atoms with E-state index in [0.717, 1.165) is 38.5 Å². The van der Waals surface area contributed by atoms with E-state index in [1.807, 2.05) is 0 Å². The summed E-state index contributed by atoms with van der Waals surface area (Å²) in [5, 5.41) is 9.39. The summed E-state index contributed by atoms with van der Waals surface area (Å²) in [6.45, 7) is 2.58. The molecule has 3 atom stereocenters. The fourth-order valence-corrected chi connectivity index (χ4v) is 5.20. The third-order valence-corrected chi connectivity index (χ3v) is 6.45. The molecule has 6 heteroatoms. The number of hydrogen-bond acceptors (Lipinski definition) is 3. The van der Waals surface area contributed by atoms with Gasteiger partial charge in [0.15, 0.2) is 0 Å². The van der Waals surface area contributed by atoms with Gasteiger partial charge in [-0.05, 0) is 31.6 Å². The molecule has 118 valence electrons. The maximum Gasteiger partial charge on any atom is 0.280 e. The highest BCUT2D eigenvalue weighted by atomic mass is 32.2. The second-order valence-corrected chi connectivity index (χ2v) is 7.94. The van der Waals surface area contributed by atoms with Crippen LogP contribution in [0.1, 0.15) is 58.3 Å². The molecule has 0 bridgehead atoms. The number of piperidine rings is 1. The van der Waals surface area contributed by atoms with Crippen LogP contribution >= 0.6 is 0 Å². The molecule has 2 rings (SSSR count). The number of aliphatic hydroxyl groups excluding tert-OH is 1. The van der Waals surface area contributed by atoms with Crippen LogP contribution in [0.25, 0.3) is 0 Å². The number of aliphatic hydroxyl groups is 1. The zero-order valence-corrected chi connectivity index (χ0v) is 13.2. The topological polar surface area (TPSA) is 69.6 Å². The Hall–Kier alpha value is -0.170. The van der Waals surface area contributed by atoms with Crippen molar-refractivity contribution in [2.45, 2.75) is 70.4 Å². The van der Waals surface area contributed by atoms with Crippen LogP contribution in [0.15, 0.2) is 0 Å². The molecular weight excluding hydrogens is 276 g/mol. The molecule has 0 amide bonds. The number of nitrogens with one attached hydrogen (secondary N) is 1. The van der Waals surface area contributed by atoms with Crippen molar-refractivity contribution in [3.63, 3.8) is 0 Å². The summed E-state index contributed by atoms with van der Waals surface area (Å²) in [6, 6.07) is -0.203. The van der Waals surface area contributed by atoms with Gasteiger partial charge < -0.3 is 5.11 Å². The van der Waals surface area contributed by atoms with Gasteiger partial charge in [-0.15, -0.1) is 0 Å². The van der Waals surface area contributed by atoms with E-state index in [0.29, 0.717) is 12.5 Å². The van der Waals surface area contributed by atoms with E-state index in [-0.39, 0.29) is 18.7 Å². The van der Waals surface area contributed by atoms with E-state index in [1.165, 1.54) is 17.1 Å². The summed E-state index contributed by atoms with van der Waals surface area (Å²) in [5.41, 5.74) is 0. The molecule has 1 saturated carbocycles. The van der Waals surface area contributed by atoms with Gasteiger partial charge in [0, 0.05) is 18.6 Å². The first kappa shape index (κ1) is 16.2. The van der Waals surface area contributed by atoms with Crippen molar-refractivity contribution in [2.75, 3.05) is 13.2 Å². The van der Waals surface area contributed by atoms with E-state index in [4.69, 9.17) is 0 Å². The van der Waals surface area contributed by atoms with Crippen LogP contribution in [0, 0.1) is 5.92 Å². The fraction of sp³-hybridized carbons (Fsp3) is 1.00. The lowest BCUT2D eigenvalue weighted by molar-refractivity contribution is 0.153. The normalized spacial score (nSPS) is 33.8. The predicted molar refractivity (Wildman–Crippen MR) is 79.5 cm³/mol. The van der Waals surface area contributed by atoms with Crippen LogP contribution in [0.4, 0.5) is 0 Å². The van der Waals surface area contributed by atoms with E-state index < -0.39 is 10.2 Å². The maximum absolute atomic E-state index is 12.6. The Morgan fingerprint density at radius 3 is 2.55 bits per heavy atom. The molecule has 1 aliphatic carbocycles. The Morgan fingerprint density at radius 2 is 1.80 bits per heavy atom. The molecule has 0 radical (unpaired) electrons. The van der Waals surface area contributed by atoms with Crippen molar-refractivity contribution in [2.24, 2.45) is 5.92 Å². The molecule has 1 aliphatic heterocycles. The zero-order chi connectivity index (χ0) is 14.6. The van der Waals surface area contributed by atoms with Crippen molar-refractivity contribution in [1.29, 1.82) is 0 Å². The third kappa shape index (κ3) is 3.93. The fourth-order valence-electron chi connectivity index (χ4n) is 3.40. The predicted octanol–water partition coefficient (Wildman–Crippen LogP) is 1.64. The third-order valence-electron chi connectivity index (χ3n) is 4.75. The molecule has 1 heterocycles. The quantitative estimate of drug-likeness (QED) is 0.776. The molecule has 0 aromatic carbocycles. The van der Waals surface area contributed by atoms with Crippen molar-refractivity contribution in [3.8, 4) is 0 Å². The average Bonchev–Trinajstić information content (AvgIpc) is 2.64. The van der Waals surface area contributed by atoms with Crippen LogP contribution in [0.3, 0.4) is 0 Å². The largest absolute Gasteiger partial charge is 0.395 e. The van der Waals surface area contributed by atoms with Gasteiger partial charge in [0.05, 0.1) is 6.61 Å². The van der Waals surface area contributed by atoms with E-state index in [2.05, 4.69) is 11.6 Å². The van der Waals surface area contributed by atoms with Crippen molar-refractivity contribution in [1.82, 2.24) is 9.03 Å². The Balaban J connectivity index is 2.05. The maximum atomic E-state index is 12.6. The van der Waals surface area contributed by atoms with E-state index in [1.54, 1.807) is 0 Å². The Morgan fingerprint density at radius 1 is 1.10 bits per heavy atom. The standard InChI is InChI=1S/C14H28N2O3S/c1-12-7-3-2-4-9-14(12)15-20(18,19)16-10-6-5-8-13(16)11-17/h12-15,17H,2-11H2,1H3. The summed E-state index contributed by atoms with van der Waals surface area (Å²) in [6.07, 6.45) is 8.16. The van der Waals surface area contributed by atoms with Gasteiger partial charge in [-0.25, -0.2) is 0 Å². The van der Waals surface area contributed by atoms with Gasteiger partial charge in [0.2, 0.25) is 0 Å². The molecule has 1 saturated heterocycles. The van der Waals surface area contributed by atoms with E-state index in [9.17, 15) is 13.5 Å². The van der Waals surface area contributed by atoms with E-state index >= 15 is 0 Å². The average molecular weight is 304 g/mol. The van der Waals surface area contributed by atoms with Crippen LogP contribution in [0.5, 0.6) is 0 Å². The molecule has 3 unspecified atom stereocenters. The summed E-state index contributed by atoms with van der Waals surface area (Å²) in [5.74, 6) is 0.393. The minimum atomic E-state index is -3.47. The van der Waals surface area contributed by atoms with Gasteiger partial charge in [0.1, 0.15) is 0 Å². The first-order valence-corrected chi connectivity index (χ1v) is 9.38. The van der Waals surface area contributed by atoms with Gasteiger partial charge in [-0.3, -0.25) is 0 Å². The van der Waals surface area contributed by atoms with Gasteiger partial charge >= 0.3 is 0 Å². The summed E-state index contributed by atoms with van der Waals surface area (Å²) >= 11 is 0. The minimum Gasteiger partial charge on any atom is -0.395 e. The highest BCUT2D eigenvalue weighted by Gasteiger charge is 2.34. The highest BCUT2D eigenvalue weighted by Crippen LogP contribution is 2.25. The number of nitrogens with zero attached hydrogens (tertiary/aromatic N) is 1. The van der Waals surface area contributed by atoms with Gasteiger partial charge in [-0.1, -0.05) is 32.6 Å². The molecule has 0 aromatic rings. The highest BCUT2D eigenvalue weighted by molar-refractivity contribution is 7.87. The van der Waals surface area contributed by atoms with Crippen LogP contribution in [0.2, 0.25) is 0 Å². The molecule has 2 fully saturated rings. The lowest BCUT2D eigenvalue weighted by atomic mass is 9.98. The molecule has 0 spiro atoms. The zero-order valence-electron chi connectivity index (χ0n) is 12.4. The molecule has 2 aliphatic rings. The molecular formula is C14H28N2O3S. The van der Waals surface area contributed by atoms with Crippen molar-refractivity contribution >= 4 is 10.2 Å². The molecule has 20 heavy (non-hydrogen) atoms. The van der Waals surface area contributed by atoms with Crippen molar-refractivity contribution < 1.29 is 13.5 Å². The summed E-state index contributed by atoms with van der Waals surface area (Å²) < 4.78 is 29.6. The lowest BCUT2D eigenvalue weighted by Crippen LogP contribution is -2.53. The Bertz CT molecular complexity index is 399. The monoisotopic (exact) mass is 304 g/mol. The van der Waals surface area contributed by atoms with Gasteiger partial charge in [0.25, 0.3) is 10.2 Å². The molecule has 0 aromatic heterocycles. The first-order valence-electron chi connectivity index (χ1n) is 7.94. The second-order valence-electron chi connectivity index (χ2n) is 6.29. The second kappa shape index (κ2) is 7.20. The Labute approximate surface area is 122 Å².